The number of thioether (sulfide) groups is 1. The van der Waals surface area contributed by atoms with Crippen molar-refractivity contribution >= 4 is 11.8 Å². The van der Waals surface area contributed by atoms with Crippen LogP contribution >= 0.6 is 11.8 Å². The monoisotopic (exact) mass is 218 g/mol. The smallest absolute Gasteiger partial charge is 0.0623 e. The Labute approximate surface area is 91.6 Å². The Morgan fingerprint density at radius 1 is 1.50 bits per heavy atom. The van der Waals surface area contributed by atoms with E-state index in [0.29, 0.717) is 12.0 Å². The van der Waals surface area contributed by atoms with E-state index >= 15 is 0 Å². The molecule has 0 bridgehead atoms. The van der Waals surface area contributed by atoms with Crippen molar-refractivity contribution < 1.29 is 4.74 Å². The zero-order valence-corrected chi connectivity index (χ0v) is 10.3. The highest BCUT2D eigenvalue weighted by Crippen LogP contribution is 2.14. The van der Waals surface area contributed by atoms with Gasteiger partial charge < -0.3 is 15.0 Å². The fourth-order valence-corrected chi connectivity index (χ4v) is 2.33. The van der Waals surface area contributed by atoms with Gasteiger partial charge in [-0.15, -0.1) is 0 Å². The number of ether oxygens (including phenoxy) is 1. The molecule has 1 N–H and O–H groups in total. The molecule has 14 heavy (non-hydrogen) atoms. The fraction of sp³-hybridized carbons (Fsp3) is 1.00. The summed E-state index contributed by atoms with van der Waals surface area (Å²) in [7, 11) is 4.22. The topological polar surface area (TPSA) is 24.5 Å². The molecule has 0 aromatic rings. The van der Waals surface area contributed by atoms with Crippen molar-refractivity contribution in [1.82, 2.24) is 10.2 Å². The van der Waals surface area contributed by atoms with E-state index in [2.05, 4.69) is 23.5 Å². The molecule has 4 heteroatoms. The molecule has 2 unspecified atom stereocenters. The Kier molecular flexibility index (Phi) is 5.86. The standard InChI is InChI=1S/C10H22N2OS/c1-11-10-8-13-7-9(10)6-12(2)4-5-14-3/h9-11H,4-8H2,1-3H3. The Bertz CT molecular complexity index is 157. The van der Waals surface area contributed by atoms with Gasteiger partial charge in [-0.3, -0.25) is 0 Å². The van der Waals surface area contributed by atoms with Crippen LogP contribution in [0.3, 0.4) is 0 Å². The number of likely N-dealkylation sites (N-methyl/N-ethyl adjacent to an activating group) is 1. The van der Waals surface area contributed by atoms with E-state index in [-0.39, 0.29) is 0 Å². The molecule has 0 amide bonds. The van der Waals surface area contributed by atoms with E-state index in [4.69, 9.17) is 4.74 Å². The van der Waals surface area contributed by atoms with Crippen molar-refractivity contribution in [2.45, 2.75) is 6.04 Å². The van der Waals surface area contributed by atoms with Crippen LogP contribution in [0.1, 0.15) is 0 Å². The first-order valence-electron chi connectivity index (χ1n) is 5.20. The maximum absolute atomic E-state index is 5.47. The number of nitrogens with zero attached hydrogens (tertiary/aromatic N) is 1. The summed E-state index contributed by atoms with van der Waals surface area (Å²) in [5.41, 5.74) is 0. The summed E-state index contributed by atoms with van der Waals surface area (Å²) >= 11 is 1.91. The Balaban J connectivity index is 2.21. The average Bonchev–Trinajstić information content (AvgIpc) is 2.62. The van der Waals surface area contributed by atoms with E-state index in [1.165, 1.54) is 12.3 Å². The fourth-order valence-electron chi connectivity index (χ4n) is 1.84. The molecule has 0 spiro atoms. The maximum Gasteiger partial charge on any atom is 0.0623 e. The van der Waals surface area contributed by atoms with Crippen molar-refractivity contribution in [1.29, 1.82) is 0 Å². The van der Waals surface area contributed by atoms with Gasteiger partial charge in [-0.05, 0) is 20.4 Å². The quantitative estimate of drug-likeness (QED) is 0.702. The molecule has 0 aliphatic carbocycles. The van der Waals surface area contributed by atoms with E-state index in [1.54, 1.807) is 0 Å². The van der Waals surface area contributed by atoms with Crippen LogP contribution in [0.4, 0.5) is 0 Å². The van der Waals surface area contributed by atoms with E-state index in [0.717, 1.165) is 19.8 Å². The van der Waals surface area contributed by atoms with Crippen LogP contribution in [0.15, 0.2) is 0 Å². The molecule has 1 fully saturated rings. The predicted molar refractivity (Wildman–Crippen MR) is 63.0 cm³/mol. The van der Waals surface area contributed by atoms with Crippen LogP contribution in [0.2, 0.25) is 0 Å². The molecule has 1 aliphatic rings. The highest BCUT2D eigenvalue weighted by atomic mass is 32.2. The third-order valence-electron chi connectivity index (χ3n) is 2.79. The summed E-state index contributed by atoms with van der Waals surface area (Å²) in [5.74, 6) is 1.88. The third kappa shape index (κ3) is 3.77. The van der Waals surface area contributed by atoms with Gasteiger partial charge in [0, 0.05) is 30.8 Å². The van der Waals surface area contributed by atoms with Crippen LogP contribution in [0.25, 0.3) is 0 Å². The average molecular weight is 218 g/mol. The van der Waals surface area contributed by atoms with Gasteiger partial charge in [0.15, 0.2) is 0 Å². The normalized spacial score (nSPS) is 27.4. The van der Waals surface area contributed by atoms with E-state index < -0.39 is 0 Å². The maximum atomic E-state index is 5.47. The third-order valence-corrected chi connectivity index (χ3v) is 3.38. The van der Waals surface area contributed by atoms with Gasteiger partial charge in [0.25, 0.3) is 0 Å². The van der Waals surface area contributed by atoms with E-state index in [9.17, 15) is 0 Å². The summed E-state index contributed by atoms with van der Waals surface area (Å²) in [6.45, 7) is 4.10. The lowest BCUT2D eigenvalue weighted by molar-refractivity contribution is 0.174. The molecule has 0 aromatic heterocycles. The molecule has 1 aliphatic heterocycles. The minimum atomic E-state index is 0.548. The van der Waals surface area contributed by atoms with Gasteiger partial charge in [0.2, 0.25) is 0 Å². The summed E-state index contributed by atoms with van der Waals surface area (Å²) in [6.07, 6.45) is 2.16. The zero-order chi connectivity index (χ0) is 10.4. The Morgan fingerprint density at radius 2 is 2.29 bits per heavy atom. The first-order chi connectivity index (χ1) is 6.77. The van der Waals surface area contributed by atoms with Crippen LogP contribution in [0.5, 0.6) is 0 Å². The molecule has 1 saturated heterocycles. The van der Waals surface area contributed by atoms with Crippen LogP contribution in [0, 0.1) is 5.92 Å². The SMILES string of the molecule is CNC1COCC1CN(C)CCSC. The minimum Gasteiger partial charge on any atom is -0.379 e. The van der Waals surface area contributed by atoms with Crippen molar-refractivity contribution in [2.24, 2.45) is 5.92 Å². The predicted octanol–water partition coefficient (Wildman–Crippen LogP) is 0.516. The van der Waals surface area contributed by atoms with Crippen LogP contribution in [-0.4, -0.2) is 63.3 Å². The Hall–Kier alpha value is 0.230. The van der Waals surface area contributed by atoms with Crippen molar-refractivity contribution in [2.75, 3.05) is 52.4 Å². The lowest BCUT2D eigenvalue weighted by Gasteiger charge is -2.23. The zero-order valence-electron chi connectivity index (χ0n) is 9.45. The van der Waals surface area contributed by atoms with Gasteiger partial charge in [-0.2, -0.15) is 11.8 Å². The van der Waals surface area contributed by atoms with Crippen molar-refractivity contribution in [3.63, 3.8) is 0 Å². The largest absolute Gasteiger partial charge is 0.379 e. The molecule has 84 valence electrons. The highest BCUT2D eigenvalue weighted by molar-refractivity contribution is 7.98. The summed E-state index contributed by atoms with van der Waals surface area (Å²) < 4.78 is 5.47. The molecule has 0 saturated carbocycles. The van der Waals surface area contributed by atoms with Crippen LogP contribution in [-0.2, 0) is 4.74 Å². The van der Waals surface area contributed by atoms with Gasteiger partial charge in [-0.25, -0.2) is 0 Å². The van der Waals surface area contributed by atoms with Crippen LogP contribution < -0.4 is 5.32 Å². The molecule has 1 rings (SSSR count). The minimum absolute atomic E-state index is 0.548. The number of rotatable bonds is 6. The summed E-state index contributed by atoms with van der Waals surface area (Å²) in [5, 5.41) is 3.32. The second kappa shape index (κ2) is 6.67. The molecule has 0 radical (unpaired) electrons. The van der Waals surface area contributed by atoms with Gasteiger partial charge in [0.05, 0.1) is 13.2 Å². The second-order valence-corrected chi connectivity index (χ2v) is 4.93. The molecule has 2 atom stereocenters. The second-order valence-electron chi connectivity index (χ2n) is 3.95. The summed E-state index contributed by atoms with van der Waals surface area (Å²) in [4.78, 5) is 2.40. The molecule has 0 aromatic carbocycles. The summed E-state index contributed by atoms with van der Waals surface area (Å²) in [6, 6.07) is 0.548. The molecule has 1 heterocycles. The first-order valence-corrected chi connectivity index (χ1v) is 6.59. The number of hydrogen-bond acceptors (Lipinski definition) is 4. The molecule has 3 nitrogen and oxygen atoms in total. The molecular weight excluding hydrogens is 196 g/mol. The first kappa shape index (κ1) is 12.3. The molecular formula is C10H22N2OS. The van der Waals surface area contributed by atoms with Gasteiger partial charge in [0.1, 0.15) is 0 Å². The van der Waals surface area contributed by atoms with Crippen molar-refractivity contribution in [3.05, 3.63) is 0 Å². The van der Waals surface area contributed by atoms with Gasteiger partial charge in [-0.1, -0.05) is 0 Å². The number of hydrogen-bond donors (Lipinski definition) is 1. The Morgan fingerprint density at radius 3 is 2.93 bits per heavy atom. The van der Waals surface area contributed by atoms with E-state index in [1.807, 2.05) is 18.8 Å². The van der Waals surface area contributed by atoms with Crippen molar-refractivity contribution in [3.8, 4) is 0 Å². The lowest BCUT2D eigenvalue weighted by Crippen LogP contribution is -2.39. The number of nitrogens with one attached hydrogen (secondary N) is 1. The van der Waals surface area contributed by atoms with Gasteiger partial charge >= 0.3 is 0 Å². The lowest BCUT2D eigenvalue weighted by atomic mass is 10.0. The highest BCUT2D eigenvalue weighted by Gasteiger charge is 2.27.